The van der Waals surface area contributed by atoms with Crippen molar-refractivity contribution in [2.45, 2.75) is 12.7 Å². The standard InChI is InChI=1S/C9H7BrF3N/c10-7-2-1-3-8-6(7)4-5-14(8)9(11,12)13/h1-3H,4-5H2. The molecule has 1 heterocycles. The third-order valence-corrected chi connectivity index (χ3v) is 3.02. The van der Waals surface area contributed by atoms with Crippen molar-refractivity contribution in [2.24, 2.45) is 0 Å². The summed E-state index contributed by atoms with van der Waals surface area (Å²) in [5, 5.41) is 0. The Hall–Kier alpha value is -0.710. The summed E-state index contributed by atoms with van der Waals surface area (Å²) in [5.74, 6) is 0. The molecule has 1 aromatic carbocycles. The molecule has 1 aliphatic heterocycles. The van der Waals surface area contributed by atoms with Crippen molar-refractivity contribution in [2.75, 3.05) is 11.4 Å². The molecule has 0 aliphatic carbocycles. The fourth-order valence-corrected chi connectivity index (χ4v) is 2.21. The van der Waals surface area contributed by atoms with Crippen LogP contribution in [0.4, 0.5) is 18.9 Å². The zero-order chi connectivity index (χ0) is 10.3. The summed E-state index contributed by atoms with van der Waals surface area (Å²) in [7, 11) is 0. The highest BCUT2D eigenvalue weighted by molar-refractivity contribution is 9.10. The number of halogens is 4. The van der Waals surface area contributed by atoms with Gasteiger partial charge in [0.15, 0.2) is 0 Å². The van der Waals surface area contributed by atoms with Crippen molar-refractivity contribution >= 4 is 21.6 Å². The maximum atomic E-state index is 12.5. The van der Waals surface area contributed by atoms with Crippen LogP contribution in [-0.2, 0) is 6.42 Å². The summed E-state index contributed by atoms with van der Waals surface area (Å²) in [6.07, 6.45) is -3.83. The minimum absolute atomic E-state index is 0.0153. The van der Waals surface area contributed by atoms with E-state index >= 15 is 0 Å². The van der Waals surface area contributed by atoms with Gasteiger partial charge in [0.1, 0.15) is 0 Å². The monoisotopic (exact) mass is 265 g/mol. The molecule has 0 fully saturated rings. The Kier molecular flexibility index (Phi) is 2.21. The third kappa shape index (κ3) is 1.49. The molecule has 0 saturated heterocycles. The number of fused-ring (bicyclic) bond motifs is 1. The molecule has 0 radical (unpaired) electrons. The topological polar surface area (TPSA) is 3.24 Å². The van der Waals surface area contributed by atoms with E-state index in [4.69, 9.17) is 0 Å². The molecule has 5 heteroatoms. The quantitative estimate of drug-likeness (QED) is 0.651. The summed E-state index contributed by atoms with van der Waals surface area (Å²) in [6.45, 7) is 0.0153. The molecule has 0 amide bonds. The predicted molar refractivity (Wildman–Crippen MR) is 51.2 cm³/mol. The van der Waals surface area contributed by atoms with Gasteiger partial charge in [-0.25, -0.2) is 0 Å². The van der Waals surface area contributed by atoms with Gasteiger partial charge in [-0.1, -0.05) is 22.0 Å². The van der Waals surface area contributed by atoms with Gasteiger partial charge in [0, 0.05) is 16.7 Å². The number of alkyl halides is 3. The van der Waals surface area contributed by atoms with Crippen LogP contribution in [0.2, 0.25) is 0 Å². The third-order valence-electron chi connectivity index (χ3n) is 2.28. The van der Waals surface area contributed by atoms with Crippen LogP contribution in [-0.4, -0.2) is 12.8 Å². The van der Waals surface area contributed by atoms with Crippen LogP contribution in [0.1, 0.15) is 5.56 Å². The van der Waals surface area contributed by atoms with E-state index in [0.717, 1.165) is 10.0 Å². The first-order chi connectivity index (χ1) is 6.50. The average molecular weight is 266 g/mol. The Bertz CT molecular complexity index is 362. The summed E-state index contributed by atoms with van der Waals surface area (Å²) >= 11 is 3.25. The van der Waals surface area contributed by atoms with Gasteiger partial charge in [-0.05, 0) is 24.1 Å². The number of hydrogen-bond donors (Lipinski definition) is 0. The van der Waals surface area contributed by atoms with Crippen LogP contribution < -0.4 is 4.90 Å². The van der Waals surface area contributed by atoms with Crippen molar-refractivity contribution in [3.63, 3.8) is 0 Å². The number of benzene rings is 1. The molecule has 14 heavy (non-hydrogen) atoms. The second-order valence-corrected chi connectivity index (χ2v) is 3.96. The normalized spacial score (nSPS) is 15.9. The lowest BCUT2D eigenvalue weighted by Crippen LogP contribution is -2.36. The fourth-order valence-electron chi connectivity index (χ4n) is 1.66. The lowest BCUT2D eigenvalue weighted by molar-refractivity contribution is -0.127. The van der Waals surface area contributed by atoms with Crippen molar-refractivity contribution in [3.8, 4) is 0 Å². The predicted octanol–water partition coefficient (Wildman–Crippen LogP) is 3.33. The van der Waals surface area contributed by atoms with Crippen LogP contribution >= 0.6 is 15.9 Å². The molecule has 1 aliphatic rings. The van der Waals surface area contributed by atoms with Crippen molar-refractivity contribution in [1.29, 1.82) is 0 Å². The fraction of sp³-hybridized carbons (Fsp3) is 0.333. The maximum absolute atomic E-state index is 12.5. The lowest BCUT2D eigenvalue weighted by atomic mass is 10.2. The summed E-state index contributed by atoms with van der Waals surface area (Å²) in [4.78, 5) is 0.479. The molecule has 2 rings (SSSR count). The van der Waals surface area contributed by atoms with Gasteiger partial charge < -0.3 is 0 Å². The Labute approximate surface area is 87.6 Å². The van der Waals surface area contributed by atoms with Crippen LogP contribution in [0.5, 0.6) is 0 Å². The van der Waals surface area contributed by atoms with Crippen molar-refractivity contribution in [1.82, 2.24) is 0 Å². The smallest absolute Gasteiger partial charge is 0.283 e. The van der Waals surface area contributed by atoms with E-state index in [2.05, 4.69) is 15.9 Å². The van der Waals surface area contributed by atoms with E-state index in [0.29, 0.717) is 11.3 Å². The highest BCUT2D eigenvalue weighted by Gasteiger charge is 2.41. The molecule has 0 unspecified atom stereocenters. The molecule has 1 aromatic rings. The lowest BCUT2D eigenvalue weighted by Gasteiger charge is -2.22. The molecule has 76 valence electrons. The highest BCUT2D eigenvalue weighted by Crippen LogP contribution is 2.39. The number of nitrogens with zero attached hydrogens (tertiary/aromatic N) is 1. The van der Waals surface area contributed by atoms with Gasteiger partial charge >= 0.3 is 6.30 Å². The Morgan fingerprint density at radius 2 is 2.00 bits per heavy atom. The molecule has 0 aromatic heterocycles. The van der Waals surface area contributed by atoms with Gasteiger partial charge in [-0.3, -0.25) is 4.90 Å². The van der Waals surface area contributed by atoms with Crippen LogP contribution in [0, 0.1) is 0 Å². The molecular weight excluding hydrogens is 259 g/mol. The van der Waals surface area contributed by atoms with Crippen LogP contribution in [0.25, 0.3) is 0 Å². The van der Waals surface area contributed by atoms with E-state index < -0.39 is 6.30 Å². The average Bonchev–Trinajstić information content (AvgIpc) is 2.47. The first kappa shape index (κ1) is 9.83. The second-order valence-electron chi connectivity index (χ2n) is 3.11. The summed E-state index contributed by atoms with van der Waals surface area (Å²) in [6, 6.07) is 4.88. The zero-order valence-electron chi connectivity index (χ0n) is 7.11. The summed E-state index contributed by atoms with van der Waals surface area (Å²) in [5.41, 5.74) is 1.01. The SMILES string of the molecule is FC(F)(F)N1CCc2c(Br)cccc21. The summed E-state index contributed by atoms with van der Waals surface area (Å²) < 4.78 is 38.2. The zero-order valence-corrected chi connectivity index (χ0v) is 8.69. The van der Waals surface area contributed by atoms with Gasteiger partial charge in [-0.15, -0.1) is 0 Å². The maximum Gasteiger partial charge on any atom is 0.484 e. The Morgan fingerprint density at radius 3 is 2.64 bits per heavy atom. The first-order valence-corrected chi connectivity index (χ1v) is 4.91. The van der Waals surface area contributed by atoms with E-state index in [-0.39, 0.29) is 12.2 Å². The van der Waals surface area contributed by atoms with Crippen LogP contribution in [0.15, 0.2) is 22.7 Å². The molecule has 0 bridgehead atoms. The number of anilines is 1. The van der Waals surface area contributed by atoms with Gasteiger partial charge in [0.05, 0.1) is 0 Å². The van der Waals surface area contributed by atoms with Crippen LogP contribution in [0.3, 0.4) is 0 Å². The molecule has 0 spiro atoms. The van der Waals surface area contributed by atoms with E-state index in [1.807, 2.05) is 0 Å². The minimum Gasteiger partial charge on any atom is -0.283 e. The number of rotatable bonds is 0. The molecule has 0 saturated carbocycles. The van der Waals surface area contributed by atoms with Gasteiger partial charge in [-0.2, -0.15) is 13.2 Å². The molecule has 0 atom stereocenters. The second kappa shape index (κ2) is 3.15. The van der Waals surface area contributed by atoms with E-state index in [1.165, 1.54) is 6.07 Å². The van der Waals surface area contributed by atoms with E-state index in [9.17, 15) is 13.2 Å². The van der Waals surface area contributed by atoms with Crippen molar-refractivity contribution < 1.29 is 13.2 Å². The largest absolute Gasteiger partial charge is 0.484 e. The molecule has 0 N–H and O–H groups in total. The first-order valence-electron chi connectivity index (χ1n) is 4.12. The molecular formula is C9H7BrF3N. The van der Waals surface area contributed by atoms with Crippen molar-refractivity contribution in [3.05, 3.63) is 28.2 Å². The van der Waals surface area contributed by atoms with E-state index in [1.54, 1.807) is 12.1 Å². The van der Waals surface area contributed by atoms with Gasteiger partial charge in [0.2, 0.25) is 0 Å². The highest BCUT2D eigenvalue weighted by atomic mass is 79.9. The number of hydrogen-bond acceptors (Lipinski definition) is 1. The molecule has 1 nitrogen and oxygen atoms in total. The Balaban J connectivity index is 2.45. The minimum atomic E-state index is -4.27. The Morgan fingerprint density at radius 1 is 1.29 bits per heavy atom. The van der Waals surface area contributed by atoms with Gasteiger partial charge in [0.25, 0.3) is 0 Å².